The molecule has 10 heteroatoms. The van der Waals surface area contributed by atoms with Crippen molar-refractivity contribution in [2.45, 2.75) is 23.6 Å². The van der Waals surface area contributed by atoms with Crippen LogP contribution < -0.4 is 10.5 Å². The Bertz CT molecular complexity index is 1090. The average molecular weight is 412 g/mol. The topological polar surface area (TPSA) is 127 Å². The largest absolute Gasteiger partial charge is 0.366 e. The second-order valence-electron chi connectivity index (χ2n) is 6.19. The summed E-state index contributed by atoms with van der Waals surface area (Å²) in [6.07, 6.45) is 0. The lowest BCUT2D eigenvalue weighted by atomic mass is 10.1. The molecule has 1 amide bonds. The van der Waals surface area contributed by atoms with E-state index in [0.717, 1.165) is 4.31 Å². The van der Waals surface area contributed by atoms with Crippen LogP contribution in [0.25, 0.3) is 0 Å². The van der Waals surface area contributed by atoms with Crippen LogP contribution in [0.1, 0.15) is 21.5 Å². The van der Waals surface area contributed by atoms with Crippen molar-refractivity contribution >= 4 is 31.6 Å². The summed E-state index contributed by atoms with van der Waals surface area (Å²) >= 11 is 0. The molecular formula is C17H21N3O5S2. The van der Waals surface area contributed by atoms with E-state index in [1.165, 1.54) is 50.5 Å². The highest BCUT2D eigenvalue weighted by Gasteiger charge is 2.22. The number of primary amides is 1. The van der Waals surface area contributed by atoms with Crippen LogP contribution in [0.15, 0.2) is 46.2 Å². The summed E-state index contributed by atoms with van der Waals surface area (Å²) in [6.45, 7) is 3.39. The first-order chi connectivity index (χ1) is 12.4. The molecule has 0 radical (unpaired) electrons. The van der Waals surface area contributed by atoms with Crippen LogP contribution in [-0.2, 0) is 20.0 Å². The molecule has 0 aromatic heterocycles. The van der Waals surface area contributed by atoms with Crippen LogP contribution in [0, 0.1) is 13.8 Å². The van der Waals surface area contributed by atoms with Gasteiger partial charge in [-0.1, -0.05) is 0 Å². The molecule has 0 aliphatic heterocycles. The quantitative estimate of drug-likeness (QED) is 0.744. The van der Waals surface area contributed by atoms with E-state index in [1.807, 2.05) is 0 Å². The van der Waals surface area contributed by atoms with E-state index in [1.54, 1.807) is 13.8 Å². The molecule has 8 nitrogen and oxygen atoms in total. The molecule has 0 aliphatic carbocycles. The first-order valence-electron chi connectivity index (χ1n) is 7.82. The number of carbonyl (C=O) groups excluding carboxylic acids is 1. The third-order valence-electron chi connectivity index (χ3n) is 4.11. The van der Waals surface area contributed by atoms with Crippen molar-refractivity contribution in [3.05, 3.63) is 53.1 Å². The van der Waals surface area contributed by atoms with Gasteiger partial charge in [0.25, 0.3) is 10.0 Å². The summed E-state index contributed by atoms with van der Waals surface area (Å²) in [5.74, 6) is -0.667. The molecule has 0 heterocycles. The first kappa shape index (κ1) is 20.9. The number of nitrogens with one attached hydrogen (secondary N) is 1. The molecule has 0 unspecified atom stereocenters. The number of nitrogens with zero attached hydrogens (tertiary/aromatic N) is 1. The zero-order chi connectivity index (χ0) is 20.6. The van der Waals surface area contributed by atoms with Gasteiger partial charge >= 0.3 is 0 Å². The van der Waals surface area contributed by atoms with Gasteiger partial charge in [-0.15, -0.1) is 0 Å². The smallest absolute Gasteiger partial charge is 0.261 e. The molecule has 0 spiro atoms. The van der Waals surface area contributed by atoms with E-state index >= 15 is 0 Å². The zero-order valence-corrected chi connectivity index (χ0v) is 17.0. The average Bonchev–Trinajstić information content (AvgIpc) is 2.58. The molecule has 2 rings (SSSR count). The molecule has 0 saturated carbocycles. The number of nitrogens with two attached hydrogens (primary N) is 1. The van der Waals surface area contributed by atoms with Crippen LogP contribution in [-0.4, -0.2) is 41.1 Å². The number of anilines is 1. The first-order valence-corrected chi connectivity index (χ1v) is 10.7. The highest BCUT2D eigenvalue weighted by atomic mass is 32.2. The van der Waals surface area contributed by atoms with Gasteiger partial charge in [0.2, 0.25) is 15.9 Å². The van der Waals surface area contributed by atoms with Crippen molar-refractivity contribution < 1.29 is 21.6 Å². The van der Waals surface area contributed by atoms with Gasteiger partial charge in [0.15, 0.2) is 0 Å². The van der Waals surface area contributed by atoms with E-state index < -0.39 is 26.0 Å². The minimum Gasteiger partial charge on any atom is -0.366 e. The Morgan fingerprint density at radius 2 is 1.52 bits per heavy atom. The van der Waals surface area contributed by atoms with Crippen molar-refractivity contribution in [2.24, 2.45) is 5.73 Å². The van der Waals surface area contributed by atoms with Gasteiger partial charge in [-0.25, -0.2) is 21.1 Å². The summed E-state index contributed by atoms with van der Waals surface area (Å²) in [4.78, 5) is 11.0. The standard InChI is InChI=1S/C17H21N3O5S2/c1-11-9-15(27(24,25)20(3)4)10-16(12(11)2)19-26(22,23)14-7-5-13(6-8-14)17(18)21/h5-10,19H,1-4H3,(H2,18,21). The Kier molecular flexibility index (Phi) is 5.64. The molecule has 0 fully saturated rings. The molecule has 0 atom stereocenters. The molecule has 0 bridgehead atoms. The normalized spacial score (nSPS) is 12.2. The fourth-order valence-electron chi connectivity index (χ4n) is 2.29. The number of aryl methyl sites for hydroxylation is 1. The Balaban J connectivity index is 2.49. The molecule has 0 saturated heterocycles. The van der Waals surface area contributed by atoms with Crippen molar-refractivity contribution in [3.63, 3.8) is 0 Å². The van der Waals surface area contributed by atoms with E-state index in [2.05, 4.69) is 4.72 Å². The predicted molar refractivity (Wildman–Crippen MR) is 103 cm³/mol. The third kappa shape index (κ3) is 4.29. The number of amides is 1. The van der Waals surface area contributed by atoms with Crippen molar-refractivity contribution in [2.75, 3.05) is 18.8 Å². The second kappa shape index (κ2) is 7.29. The molecule has 2 aromatic carbocycles. The Morgan fingerprint density at radius 3 is 2.00 bits per heavy atom. The van der Waals surface area contributed by atoms with Gasteiger partial charge in [-0.05, 0) is 61.4 Å². The van der Waals surface area contributed by atoms with E-state index in [4.69, 9.17) is 5.73 Å². The van der Waals surface area contributed by atoms with Crippen LogP contribution in [0.4, 0.5) is 5.69 Å². The number of hydrogen-bond donors (Lipinski definition) is 2. The van der Waals surface area contributed by atoms with Crippen molar-refractivity contribution in [1.82, 2.24) is 4.31 Å². The predicted octanol–water partition coefficient (Wildman–Crippen LogP) is 1.45. The number of carbonyl (C=O) groups is 1. The van der Waals surface area contributed by atoms with Gasteiger partial charge in [-0.3, -0.25) is 9.52 Å². The molecule has 27 heavy (non-hydrogen) atoms. The van der Waals surface area contributed by atoms with Crippen molar-refractivity contribution in [3.8, 4) is 0 Å². The lowest BCUT2D eigenvalue weighted by Crippen LogP contribution is -2.23. The number of sulfonamides is 2. The van der Waals surface area contributed by atoms with Gasteiger partial charge in [0, 0.05) is 19.7 Å². The molecule has 3 N–H and O–H groups in total. The summed E-state index contributed by atoms with van der Waals surface area (Å²) in [7, 11) is -4.92. The van der Waals surface area contributed by atoms with Gasteiger partial charge in [-0.2, -0.15) is 0 Å². The Hall–Kier alpha value is -2.43. The highest BCUT2D eigenvalue weighted by Crippen LogP contribution is 2.27. The molecular weight excluding hydrogens is 390 g/mol. The van der Waals surface area contributed by atoms with Crippen LogP contribution in [0.2, 0.25) is 0 Å². The summed E-state index contributed by atoms with van der Waals surface area (Å²) in [6, 6.07) is 7.90. The molecule has 0 aliphatic rings. The van der Waals surface area contributed by atoms with E-state index in [-0.39, 0.29) is 21.0 Å². The number of rotatable bonds is 6. The number of hydrogen-bond acceptors (Lipinski definition) is 5. The zero-order valence-electron chi connectivity index (χ0n) is 15.3. The van der Waals surface area contributed by atoms with Gasteiger partial charge in [0.05, 0.1) is 15.5 Å². The fraction of sp³-hybridized carbons (Fsp3) is 0.235. The molecule has 2 aromatic rings. The minimum absolute atomic E-state index is 0.0163. The van der Waals surface area contributed by atoms with Gasteiger partial charge < -0.3 is 5.73 Å². The van der Waals surface area contributed by atoms with Crippen LogP contribution >= 0.6 is 0 Å². The maximum Gasteiger partial charge on any atom is 0.261 e. The van der Waals surface area contributed by atoms with E-state index in [0.29, 0.717) is 11.1 Å². The van der Waals surface area contributed by atoms with Gasteiger partial charge in [0.1, 0.15) is 0 Å². The van der Waals surface area contributed by atoms with E-state index in [9.17, 15) is 21.6 Å². The monoisotopic (exact) mass is 411 g/mol. The maximum atomic E-state index is 12.7. The minimum atomic E-state index is -3.99. The molecule has 146 valence electrons. The van der Waals surface area contributed by atoms with Crippen molar-refractivity contribution in [1.29, 1.82) is 0 Å². The highest BCUT2D eigenvalue weighted by molar-refractivity contribution is 7.92. The summed E-state index contributed by atoms with van der Waals surface area (Å²) in [5, 5.41) is 0. The maximum absolute atomic E-state index is 12.7. The Labute approximate surface area is 159 Å². The van der Waals surface area contributed by atoms with Crippen LogP contribution in [0.3, 0.4) is 0 Å². The second-order valence-corrected chi connectivity index (χ2v) is 10.0. The lowest BCUT2D eigenvalue weighted by Gasteiger charge is -2.17. The SMILES string of the molecule is Cc1cc(S(=O)(=O)N(C)C)cc(NS(=O)(=O)c2ccc(C(N)=O)cc2)c1C. The Morgan fingerprint density at radius 1 is 0.963 bits per heavy atom. The van der Waals surface area contributed by atoms with Crippen LogP contribution in [0.5, 0.6) is 0 Å². The third-order valence-corrected chi connectivity index (χ3v) is 7.29. The summed E-state index contributed by atoms with van der Waals surface area (Å²) < 4.78 is 53.6. The fourth-order valence-corrected chi connectivity index (χ4v) is 4.42. The lowest BCUT2D eigenvalue weighted by molar-refractivity contribution is 0.1000. The number of benzene rings is 2. The summed E-state index contributed by atoms with van der Waals surface area (Å²) in [5.41, 5.74) is 6.72.